The number of hydroxylamine groups is 2. The molecule has 0 spiro atoms. The number of fused-ring (bicyclic) bond motifs is 3. The summed E-state index contributed by atoms with van der Waals surface area (Å²) in [4.78, 5) is 34.5. The summed E-state index contributed by atoms with van der Waals surface area (Å²) in [5.74, 6) is -1.52. The van der Waals surface area contributed by atoms with Crippen LogP contribution in [0.1, 0.15) is 17.0 Å². The first-order valence-corrected chi connectivity index (χ1v) is 9.44. The molecule has 10 heteroatoms. The Kier molecular flexibility index (Phi) is 4.31. The molecule has 1 aromatic heterocycles. The van der Waals surface area contributed by atoms with Crippen molar-refractivity contribution in [2.75, 3.05) is 13.1 Å². The number of aromatic nitrogens is 1. The number of carbonyl (C=O) groups is 2. The highest BCUT2D eigenvalue weighted by molar-refractivity contribution is 5.82. The molecule has 2 aliphatic heterocycles. The molecule has 1 aromatic carbocycles. The van der Waals surface area contributed by atoms with Crippen molar-refractivity contribution in [3.8, 4) is 0 Å². The van der Waals surface area contributed by atoms with Gasteiger partial charge < -0.3 is 14.1 Å². The highest BCUT2D eigenvalue weighted by Crippen LogP contribution is 2.33. The maximum absolute atomic E-state index is 14.5. The molecule has 3 heterocycles. The summed E-state index contributed by atoms with van der Waals surface area (Å²) in [6.45, 7) is 0.304. The van der Waals surface area contributed by atoms with Crippen molar-refractivity contribution in [1.29, 1.82) is 0 Å². The fourth-order valence-corrected chi connectivity index (χ4v) is 4.01. The van der Waals surface area contributed by atoms with Gasteiger partial charge in [-0.3, -0.25) is 0 Å². The normalized spacial score (nSPS) is 21.1. The van der Waals surface area contributed by atoms with Crippen molar-refractivity contribution in [2.45, 2.75) is 31.1 Å². The first kappa shape index (κ1) is 18.7. The summed E-state index contributed by atoms with van der Waals surface area (Å²) in [6, 6.07) is 5.85. The second-order valence-electron chi connectivity index (χ2n) is 7.40. The summed E-state index contributed by atoms with van der Waals surface area (Å²) in [6.07, 6.45) is 0.117. The Labute approximate surface area is 169 Å². The molecule has 0 N–H and O–H groups in total. The second kappa shape index (κ2) is 6.91. The van der Waals surface area contributed by atoms with Gasteiger partial charge in [-0.15, -0.1) is 0 Å². The number of rotatable bonds is 5. The molecule has 3 aliphatic rings. The predicted octanol–water partition coefficient (Wildman–Crippen LogP) is 2.41. The zero-order valence-corrected chi connectivity index (χ0v) is 15.7. The zero-order chi connectivity index (χ0) is 20.9. The zero-order valence-electron chi connectivity index (χ0n) is 15.7. The van der Waals surface area contributed by atoms with Crippen molar-refractivity contribution in [1.82, 2.24) is 14.9 Å². The number of alkyl halides is 2. The molecular formula is C20H17F2N3O5. The minimum atomic E-state index is -4.31. The summed E-state index contributed by atoms with van der Waals surface area (Å²) in [7, 11) is 0. The van der Waals surface area contributed by atoms with Gasteiger partial charge in [-0.25, -0.2) is 14.6 Å². The number of benzene rings is 1. The number of urea groups is 1. The van der Waals surface area contributed by atoms with E-state index in [0.29, 0.717) is 29.4 Å². The Morgan fingerprint density at radius 1 is 1.23 bits per heavy atom. The Hall–Kier alpha value is -3.27. The fraction of sp³-hybridized carbons (Fsp3) is 0.350. The van der Waals surface area contributed by atoms with Crippen LogP contribution >= 0.6 is 0 Å². The number of nitrogens with zero attached hydrogens (tertiary/aromatic N) is 3. The van der Waals surface area contributed by atoms with Crippen LogP contribution in [0.4, 0.5) is 13.6 Å². The third-order valence-corrected chi connectivity index (χ3v) is 5.37. The molecular weight excluding hydrogens is 400 g/mol. The van der Waals surface area contributed by atoms with Crippen LogP contribution in [0.15, 0.2) is 47.2 Å². The third-order valence-electron chi connectivity index (χ3n) is 5.37. The molecule has 1 unspecified atom stereocenters. The fourth-order valence-electron chi connectivity index (χ4n) is 4.01. The first-order chi connectivity index (χ1) is 14.4. The lowest BCUT2D eigenvalue weighted by Gasteiger charge is -2.25. The van der Waals surface area contributed by atoms with Gasteiger partial charge in [0.1, 0.15) is 12.4 Å². The summed E-state index contributed by atoms with van der Waals surface area (Å²) in [5, 5.41) is 0.514. The van der Waals surface area contributed by atoms with E-state index in [4.69, 9.17) is 9.15 Å². The van der Waals surface area contributed by atoms with Crippen LogP contribution in [0.2, 0.25) is 0 Å². The minimum Gasteiger partial charge on any atom is -0.455 e. The number of oxazole rings is 1. The van der Waals surface area contributed by atoms with Crippen LogP contribution < -0.4 is 0 Å². The first-order valence-electron chi connectivity index (χ1n) is 9.44. The van der Waals surface area contributed by atoms with Gasteiger partial charge in [-0.1, -0.05) is 24.3 Å². The Bertz CT molecular complexity index is 998. The van der Waals surface area contributed by atoms with Gasteiger partial charge in [0.2, 0.25) is 5.89 Å². The molecule has 0 radical (unpaired) electrons. The molecule has 1 aliphatic carbocycles. The van der Waals surface area contributed by atoms with Gasteiger partial charge in [0.05, 0.1) is 18.8 Å². The SMILES string of the molecule is O=C1N2CC(c3ncco3)=CC(C2)N1OC(F)(F)C(=O)OC1Cc2ccccc2C1. The van der Waals surface area contributed by atoms with E-state index in [9.17, 15) is 18.4 Å². The smallest absolute Gasteiger partial charge is 0.455 e. The van der Waals surface area contributed by atoms with E-state index in [-0.39, 0.29) is 13.1 Å². The molecule has 2 amide bonds. The Morgan fingerprint density at radius 2 is 1.97 bits per heavy atom. The van der Waals surface area contributed by atoms with Crippen molar-refractivity contribution < 1.29 is 32.4 Å². The topological polar surface area (TPSA) is 85.1 Å². The van der Waals surface area contributed by atoms with Gasteiger partial charge in [0.25, 0.3) is 0 Å². The largest absolute Gasteiger partial charge is 0.477 e. The number of halogens is 2. The number of esters is 1. The lowest BCUT2D eigenvalue weighted by Crippen LogP contribution is -2.45. The third kappa shape index (κ3) is 3.22. The van der Waals surface area contributed by atoms with Crippen molar-refractivity contribution in [3.63, 3.8) is 0 Å². The summed E-state index contributed by atoms with van der Waals surface area (Å²) < 4.78 is 39.2. The lowest BCUT2D eigenvalue weighted by atomic mass is 10.1. The van der Waals surface area contributed by atoms with E-state index in [1.165, 1.54) is 17.4 Å². The van der Waals surface area contributed by atoms with E-state index in [1.807, 2.05) is 24.3 Å². The highest BCUT2D eigenvalue weighted by atomic mass is 19.3. The van der Waals surface area contributed by atoms with Crippen LogP contribution in [0.25, 0.3) is 5.57 Å². The van der Waals surface area contributed by atoms with Gasteiger partial charge >= 0.3 is 18.1 Å². The van der Waals surface area contributed by atoms with Gasteiger partial charge in [0.15, 0.2) is 0 Å². The number of carbonyl (C=O) groups excluding carboxylic acids is 2. The summed E-state index contributed by atoms with van der Waals surface area (Å²) >= 11 is 0. The van der Waals surface area contributed by atoms with Crippen molar-refractivity contribution >= 4 is 17.6 Å². The number of hydrogen-bond donors (Lipinski definition) is 0. The summed E-state index contributed by atoms with van der Waals surface area (Å²) in [5.41, 5.74) is 2.49. The lowest BCUT2D eigenvalue weighted by molar-refractivity contribution is -0.327. The molecule has 0 saturated carbocycles. The Morgan fingerprint density at radius 3 is 2.63 bits per heavy atom. The average molecular weight is 417 g/mol. The van der Waals surface area contributed by atoms with E-state index in [1.54, 1.807) is 6.08 Å². The van der Waals surface area contributed by atoms with E-state index in [2.05, 4.69) is 9.82 Å². The number of amides is 2. The van der Waals surface area contributed by atoms with Crippen LogP contribution in [-0.4, -0.2) is 58.3 Å². The molecule has 30 heavy (non-hydrogen) atoms. The highest BCUT2D eigenvalue weighted by Gasteiger charge is 2.52. The van der Waals surface area contributed by atoms with Gasteiger partial charge in [0, 0.05) is 25.0 Å². The number of ether oxygens (including phenoxy) is 1. The average Bonchev–Trinajstić information content (AvgIpc) is 3.44. The quantitative estimate of drug-likeness (QED) is 0.695. The van der Waals surface area contributed by atoms with Crippen molar-refractivity contribution in [3.05, 3.63) is 59.8 Å². The Balaban J connectivity index is 1.26. The van der Waals surface area contributed by atoms with Crippen molar-refractivity contribution in [2.24, 2.45) is 0 Å². The molecule has 8 nitrogen and oxygen atoms in total. The minimum absolute atomic E-state index is 0.145. The molecule has 5 rings (SSSR count). The second-order valence-corrected chi connectivity index (χ2v) is 7.40. The molecule has 1 atom stereocenters. The van der Waals surface area contributed by atoms with Crippen LogP contribution in [0.3, 0.4) is 0 Å². The van der Waals surface area contributed by atoms with Crippen LogP contribution in [0.5, 0.6) is 0 Å². The molecule has 2 bridgehead atoms. The van der Waals surface area contributed by atoms with Crippen LogP contribution in [0, 0.1) is 0 Å². The standard InChI is InChI=1S/C20H17F2N3O5/c21-20(22,18(26)29-16-8-12-3-1-2-4-13(12)9-16)30-25-15-7-14(17-23-5-6-28-17)10-24(11-15)19(25)27/h1-7,15-16H,8-11H2. The van der Waals surface area contributed by atoms with E-state index in [0.717, 1.165) is 11.1 Å². The van der Waals surface area contributed by atoms with Gasteiger partial charge in [-0.2, -0.15) is 18.7 Å². The maximum Gasteiger partial charge on any atom is 0.477 e. The van der Waals surface area contributed by atoms with E-state index >= 15 is 0 Å². The molecule has 156 valence electrons. The molecule has 1 fully saturated rings. The predicted molar refractivity (Wildman–Crippen MR) is 96.8 cm³/mol. The number of hydrogen-bond acceptors (Lipinski definition) is 6. The van der Waals surface area contributed by atoms with Gasteiger partial charge in [-0.05, 0) is 17.2 Å². The molecule has 1 saturated heterocycles. The maximum atomic E-state index is 14.5. The monoisotopic (exact) mass is 417 g/mol. The van der Waals surface area contributed by atoms with E-state index < -0.39 is 30.3 Å². The van der Waals surface area contributed by atoms with Crippen LogP contribution in [-0.2, 0) is 27.2 Å². The molecule has 2 aromatic rings.